The van der Waals surface area contributed by atoms with E-state index in [9.17, 15) is 9.59 Å². The van der Waals surface area contributed by atoms with Crippen molar-refractivity contribution in [2.24, 2.45) is 0 Å². The second-order valence-corrected chi connectivity index (χ2v) is 7.05. The summed E-state index contributed by atoms with van der Waals surface area (Å²) in [5.41, 5.74) is 1.42. The van der Waals surface area contributed by atoms with E-state index in [1.165, 1.54) is 11.3 Å². The fourth-order valence-corrected chi connectivity index (χ4v) is 3.77. The Labute approximate surface area is 163 Å². The first-order chi connectivity index (χ1) is 12.6. The monoisotopic (exact) mass is 430 g/mol. The van der Waals surface area contributed by atoms with Crippen molar-refractivity contribution in [2.45, 2.75) is 0 Å². The number of ether oxygens (including phenoxy) is 1. The van der Waals surface area contributed by atoms with Crippen molar-refractivity contribution >= 4 is 50.5 Å². The Balaban J connectivity index is 1.81. The van der Waals surface area contributed by atoms with Crippen LogP contribution < -0.4 is 15.4 Å². The van der Waals surface area contributed by atoms with Crippen LogP contribution in [0.1, 0.15) is 20.0 Å². The quantitative estimate of drug-likeness (QED) is 0.596. The number of methoxy groups -OCH3 is 1. The summed E-state index contributed by atoms with van der Waals surface area (Å²) < 4.78 is 5.88. The molecule has 26 heavy (non-hydrogen) atoms. The summed E-state index contributed by atoms with van der Waals surface area (Å²) in [6, 6.07) is 15.7. The maximum absolute atomic E-state index is 12.7. The first-order valence-corrected chi connectivity index (χ1v) is 9.34. The van der Waals surface area contributed by atoms with E-state index in [1.807, 2.05) is 5.38 Å². The van der Waals surface area contributed by atoms with E-state index in [2.05, 4.69) is 26.6 Å². The van der Waals surface area contributed by atoms with E-state index in [-0.39, 0.29) is 11.8 Å². The third-order valence-electron chi connectivity index (χ3n) is 3.57. The number of carbonyl (C=O) groups is 2. The van der Waals surface area contributed by atoms with Gasteiger partial charge in [-0.25, -0.2) is 0 Å². The molecule has 2 amide bonds. The predicted molar refractivity (Wildman–Crippen MR) is 107 cm³/mol. The van der Waals surface area contributed by atoms with E-state index in [1.54, 1.807) is 61.7 Å². The van der Waals surface area contributed by atoms with Gasteiger partial charge in [0.2, 0.25) is 0 Å². The van der Waals surface area contributed by atoms with Gasteiger partial charge in [-0.2, -0.15) is 0 Å². The summed E-state index contributed by atoms with van der Waals surface area (Å²) in [5.74, 6) is 0.0554. The Bertz CT molecular complexity index is 955. The number of halogens is 1. The van der Waals surface area contributed by atoms with Gasteiger partial charge in [-0.1, -0.05) is 18.2 Å². The molecule has 132 valence electrons. The second-order valence-electron chi connectivity index (χ2n) is 5.28. The summed E-state index contributed by atoms with van der Waals surface area (Å²) in [6.45, 7) is 0. The summed E-state index contributed by atoms with van der Waals surface area (Å²) >= 11 is 4.67. The Morgan fingerprint density at radius 1 is 1.00 bits per heavy atom. The molecule has 0 aliphatic heterocycles. The standard InChI is InChI=1S/C19H15BrN2O3S/c1-25-13-6-4-5-12(11-13)21-18(23)14-7-2-3-8-16(14)22-19(24)17-15(20)9-10-26-17/h2-11H,1H3,(H,21,23)(H,22,24). The second kappa shape index (κ2) is 8.16. The number of carbonyl (C=O) groups excluding carboxylic acids is 2. The number of nitrogens with one attached hydrogen (secondary N) is 2. The van der Waals surface area contributed by atoms with E-state index in [0.29, 0.717) is 27.6 Å². The lowest BCUT2D eigenvalue weighted by Gasteiger charge is -2.12. The molecule has 2 N–H and O–H groups in total. The molecular formula is C19H15BrN2O3S. The number of amides is 2. The van der Waals surface area contributed by atoms with Gasteiger partial charge in [-0.15, -0.1) is 11.3 Å². The fourth-order valence-electron chi connectivity index (χ4n) is 2.32. The zero-order chi connectivity index (χ0) is 18.5. The third-order valence-corrected chi connectivity index (χ3v) is 5.41. The van der Waals surface area contributed by atoms with Crippen molar-refractivity contribution in [1.82, 2.24) is 0 Å². The number of anilines is 2. The molecule has 0 radical (unpaired) electrons. The minimum atomic E-state index is -0.320. The van der Waals surface area contributed by atoms with Crippen molar-refractivity contribution < 1.29 is 14.3 Å². The highest BCUT2D eigenvalue weighted by Crippen LogP contribution is 2.25. The van der Waals surface area contributed by atoms with Gasteiger partial charge >= 0.3 is 0 Å². The summed E-state index contributed by atoms with van der Waals surface area (Å²) in [6.07, 6.45) is 0. The van der Waals surface area contributed by atoms with Gasteiger partial charge in [-0.3, -0.25) is 9.59 Å². The molecule has 5 nitrogen and oxygen atoms in total. The lowest BCUT2D eigenvalue weighted by molar-refractivity contribution is 0.102. The average Bonchev–Trinajstić information content (AvgIpc) is 3.08. The average molecular weight is 431 g/mol. The number of para-hydroxylation sites is 1. The SMILES string of the molecule is COc1cccc(NC(=O)c2ccccc2NC(=O)c2sccc2Br)c1. The fraction of sp³-hybridized carbons (Fsp3) is 0.0526. The zero-order valence-corrected chi connectivity index (χ0v) is 16.2. The maximum atomic E-state index is 12.7. The van der Waals surface area contributed by atoms with Crippen LogP contribution in [-0.4, -0.2) is 18.9 Å². The molecule has 0 atom stereocenters. The number of rotatable bonds is 5. The van der Waals surface area contributed by atoms with Crippen LogP contribution in [0.15, 0.2) is 64.5 Å². The van der Waals surface area contributed by atoms with Gasteiger partial charge in [-0.05, 0) is 51.6 Å². The molecular weight excluding hydrogens is 416 g/mol. The molecule has 0 spiro atoms. The topological polar surface area (TPSA) is 67.4 Å². The normalized spacial score (nSPS) is 10.2. The highest BCUT2D eigenvalue weighted by molar-refractivity contribution is 9.10. The van der Waals surface area contributed by atoms with Gasteiger partial charge in [0.1, 0.15) is 10.6 Å². The largest absolute Gasteiger partial charge is 0.497 e. The van der Waals surface area contributed by atoms with Crippen LogP contribution in [0.4, 0.5) is 11.4 Å². The van der Waals surface area contributed by atoms with Crippen LogP contribution in [0.25, 0.3) is 0 Å². The highest BCUT2D eigenvalue weighted by atomic mass is 79.9. The minimum absolute atomic E-state index is 0.270. The molecule has 1 aromatic heterocycles. The number of thiophene rings is 1. The molecule has 7 heteroatoms. The number of benzene rings is 2. The van der Waals surface area contributed by atoms with Crippen molar-refractivity contribution in [3.63, 3.8) is 0 Å². The van der Waals surface area contributed by atoms with Gasteiger partial charge in [0.25, 0.3) is 11.8 Å². The molecule has 3 aromatic rings. The molecule has 0 fully saturated rings. The van der Waals surface area contributed by atoms with Crippen LogP contribution in [0.2, 0.25) is 0 Å². The highest BCUT2D eigenvalue weighted by Gasteiger charge is 2.16. The first-order valence-electron chi connectivity index (χ1n) is 7.67. The lowest BCUT2D eigenvalue weighted by Crippen LogP contribution is -2.18. The summed E-state index contributed by atoms with van der Waals surface area (Å²) in [5, 5.41) is 7.43. The molecule has 0 bridgehead atoms. The molecule has 3 rings (SSSR count). The lowest BCUT2D eigenvalue weighted by atomic mass is 10.1. The van der Waals surface area contributed by atoms with Crippen LogP contribution in [0, 0.1) is 0 Å². The summed E-state index contributed by atoms with van der Waals surface area (Å²) in [7, 11) is 1.56. The first kappa shape index (κ1) is 18.2. The van der Waals surface area contributed by atoms with Crippen molar-refractivity contribution in [3.8, 4) is 5.75 Å². The van der Waals surface area contributed by atoms with Gasteiger partial charge in [0, 0.05) is 16.2 Å². The van der Waals surface area contributed by atoms with E-state index in [0.717, 1.165) is 4.47 Å². The predicted octanol–water partition coefficient (Wildman–Crippen LogP) is 5.02. The molecule has 0 aliphatic carbocycles. The van der Waals surface area contributed by atoms with Crippen LogP contribution in [0.5, 0.6) is 5.75 Å². The van der Waals surface area contributed by atoms with Crippen molar-refractivity contribution in [3.05, 3.63) is 74.9 Å². The van der Waals surface area contributed by atoms with E-state index in [4.69, 9.17) is 4.74 Å². The van der Waals surface area contributed by atoms with Gasteiger partial charge < -0.3 is 15.4 Å². The van der Waals surface area contributed by atoms with Crippen molar-refractivity contribution in [2.75, 3.05) is 17.7 Å². The Morgan fingerprint density at radius 3 is 2.54 bits per heavy atom. The Morgan fingerprint density at radius 2 is 1.81 bits per heavy atom. The number of hydrogen-bond donors (Lipinski definition) is 2. The Hall–Kier alpha value is -2.64. The third kappa shape index (κ3) is 4.12. The molecule has 2 aromatic carbocycles. The molecule has 0 aliphatic rings. The van der Waals surface area contributed by atoms with Crippen LogP contribution >= 0.6 is 27.3 Å². The van der Waals surface area contributed by atoms with E-state index < -0.39 is 0 Å². The van der Waals surface area contributed by atoms with Gasteiger partial charge in [0.05, 0.1) is 18.4 Å². The molecule has 1 heterocycles. The zero-order valence-electron chi connectivity index (χ0n) is 13.8. The molecule has 0 saturated heterocycles. The Kier molecular flexibility index (Phi) is 5.70. The minimum Gasteiger partial charge on any atom is -0.497 e. The van der Waals surface area contributed by atoms with Crippen LogP contribution in [0.3, 0.4) is 0 Å². The molecule has 0 unspecified atom stereocenters. The smallest absolute Gasteiger partial charge is 0.266 e. The summed E-state index contributed by atoms with van der Waals surface area (Å²) in [4.78, 5) is 25.6. The van der Waals surface area contributed by atoms with Crippen LogP contribution in [-0.2, 0) is 0 Å². The maximum Gasteiger partial charge on any atom is 0.266 e. The number of hydrogen-bond acceptors (Lipinski definition) is 4. The van der Waals surface area contributed by atoms with Gasteiger partial charge in [0.15, 0.2) is 0 Å². The molecule has 0 saturated carbocycles. The van der Waals surface area contributed by atoms with Crippen molar-refractivity contribution in [1.29, 1.82) is 0 Å². The van der Waals surface area contributed by atoms with E-state index >= 15 is 0 Å².